The fourth-order valence-electron chi connectivity index (χ4n) is 1.89. The number of furan rings is 1. The Morgan fingerprint density at radius 2 is 2.53 bits per heavy atom. The molecule has 0 unspecified atom stereocenters. The predicted octanol–water partition coefficient (Wildman–Crippen LogP) is 0.919. The molecule has 15 heavy (non-hydrogen) atoms. The molecule has 1 atom stereocenters. The van der Waals surface area contributed by atoms with E-state index < -0.39 is 0 Å². The molecule has 2 heterocycles. The number of carbonyl (C=O) groups is 1. The standard InChI is InChI=1S/C11H15NO3/c13-9-3-1-5-12(7-9)8-10(14)11-4-2-6-15-11/h2,4,6,9,13H,1,3,5,7-8H2/t9-/m0/s1. The summed E-state index contributed by atoms with van der Waals surface area (Å²) in [4.78, 5) is 13.6. The molecule has 1 aliphatic rings. The van der Waals surface area contributed by atoms with Crippen LogP contribution < -0.4 is 0 Å². The lowest BCUT2D eigenvalue weighted by Gasteiger charge is -2.28. The van der Waals surface area contributed by atoms with Crippen LogP contribution in [0.25, 0.3) is 0 Å². The fourth-order valence-corrected chi connectivity index (χ4v) is 1.89. The Morgan fingerprint density at radius 1 is 1.67 bits per heavy atom. The van der Waals surface area contributed by atoms with E-state index in [1.807, 2.05) is 4.90 Å². The minimum atomic E-state index is -0.289. The zero-order valence-electron chi connectivity index (χ0n) is 8.56. The lowest BCUT2D eigenvalue weighted by Crippen LogP contribution is -2.41. The molecule has 0 spiro atoms. The van der Waals surface area contributed by atoms with Gasteiger partial charge in [-0.15, -0.1) is 0 Å². The third-order valence-electron chi connectivity index (χ3n) is 2.64. The summed E-state index contributed by atoms with van der Waals surface area (Å²) in [6, 6.07) is 3.38. The van der Waals surface area contributed by atoms with Crippen molar-refractivity contribution in [1.82, 2.24) is 4.90 Å². The van der Waals surface area contributed by atoms with Crippen molar-refractivity contribution in [2.45, 2.75) is 18.9 Å². The van der Waals surface area contributed by atoms with E-state index in [0.29, 0.717) is 18.8 Å². The van der Waals surface area contributed by atoms with Gasteiger partial charge in [0.15, 0.2) is 5.76 Å². The minimum Gasteiger partial charge on any atom is -0.461 e. The molecule has 0 bridgehead atoms. The van der Waals surface area contributed by atoms with E-state index in [9.17, 15) is 9.90 Å². The average Bonchev–Trinajstić information content (AvgIpc) is 2.70. The number of rotatable bonds is 3. The number of hydrogen-bond acceptors (Lipinski definition) is 4. The molecule has 1 fully saturated rings. The summed E-state index contributed by atoms with van der Waals surface area (Å²) in [7, 11) is 0. The van der Waals surface area contributed by atoms with Crippen molar-refractivity contribution in [2.24, 2.45) is 0 Å². The van der Waals surface area contributed by atoms with Gasteiger partial charge < -0.3 is 9.52 Å². The molecule has 82 valence electrons. The quantitative estimate of drug-likeness (QED) is 0.752. The van der Waals surface area contributed by atoms with E-state index in [4.69, 9.17) is 4.42 Å². The SMILES string of the molecule is O=C(CN1CCC[C@H](O)C1)c1ccco1. The number of carbonyl (C=O) groups excluding carboxylic acids is 1. The van der Waals surface area contributed by atoms with E-state index in [1.54, 1.807) is 12.1 Å². The number of piperidine rings is 1. The first-order chi connectivity index (χ1) is 7.25. The highest BCUT2D eigenvalue weighted by molar-refractivity contribution is 5.94. The van der Waals surface area contributed by atoms with Gasteiger partial charge in [0.1, 0.15) is 0 Å². The summed E-state index contributed by atoms with van der Waals surface area (Å²) >= 11 is 0. The number of aliphatic hydroxyl groups is 1. The zero-order valence-corrected chi connectivity index (χ0v) is 8.56. The molecular weight excluding hydrogens is 194 g/mol. The summed E-state index contributed by atoms with van der Waals surface area (Å²) in [5, 5.41) is 9.45. The lowest BCUT2D eigenvalue weighted by atomic mass is 10.1. The number of ketones is 1. The fraction of sp³-hybridized carbons (Fsp3) is 0.545. The van der Waals surface area contributed by atoms with Gasteiger partial charge in [-0.2, -0.15) is 0 Å². The van der Waals surface area contributed by atoms with Crippen molar-refractivity contribution in [3.63, 3.8) is 0 Å². The van der Waals surface area contributed by atoms with Gasteiger partial charge in [0, 0.05) is 6.54 Å². The highest BCUT2D eigenvalue weighted by Crippen LogP contribution is 2.11. The lowest BCUT2D eigenvalue weighted by molar-refractivity contribution is 0.0621. The molecule has 1 aromatic heterocycles. The molecule has 1 aromatic rings. The highest BCUT2D eigenvalue weighted by Gasteiger charge is 2.20. The number of nitrogens with zero attached hydrogens (tertiary/aromatic N) is 1. The van der Waals surface area contributed by atoms with Crippen LogP contribution in [0, 0.1) is 0 Å². The molecule has 1 N–H and O–H groups in total. The highest BCUT2D eigenvalue weighted by atomic mass is 16.3. The first-order valence-electron chi connectivity index (χ1n) is 5.23. The Balaban J connectivity index is 1.89. The van der Waals surface area contributed by atoms with Gasteiger partial charge in [-0.3, -0.25) is 9.69 Å². The molecule has 0 aliphatic carbocycles. The Morgan fingerprint density at radius 3 is 3.20 bits per heavy atom. The van der Waals surface area contributed by atoms with Gasteiger partial charge in [-0.05, 0) is 31.5 Å². The van der Waals surface area contributed by atoms with Crippen LogP contribution in [0.5, 0.6) is 0 Å². The van der Waals surface area contributed by atoms with Crippen LogP contribution >= 0.6 is 0 Å². The molecule has 2 rings (SSSR count). The third kappa shape index (κ3) is 2.67. The van der Waals surface area contributed by atoms with E-state index in [-0.39, 0.29) is 11.9 Å². The first-order valence-corrected chi connectivity index (χ1v) is 5.23. The molecule has 0 amide bonds. The van der Waals surface area contributed by atoms with Crippen molar-refractivity contribution >= 4 is 5.78 Å². The molecular formula is C11H15NO3. The molecule has 0 radical (unpaired) electrons. The summed E-state index contributed by atoms with van der Waals surface area (Å²) in [6.45, 7) is 1.81. The zero-order chi connectivity index (χ0) is 10.7. The van der Waals surface area contributed by atoms with Crippen molar-refractivity contribution < 1.29 is 14.3 Å². The van der Waals surface area contributed by atoms with E-state index in [2.05, 4.69) is 0 Å². The van der Waals surface area contributed by atoms with Crippen LogP contribution in [-0.2, 0) is 0 Å². The van der Waals surface area contributed by atoms with Crippen LogP contribution in [-0.4, -0.2) is 41.5 Å². The maximum atomic E-state index is 11.7. The summed E-state index contributed by atoms with van der Waals surface area (Å²) < 4.78 is 5.02. The van der Waals surface area contributed by atoms with E-state index in [1.165, 1.54) is 6.26 Å². The Labute approximate surface area is 88.5 Å². The van der Waals surface area contributed by atoms with Crippen LogP contribution in [0.2, 0.25) is 0 Å². The van der Waals surface area contributed by atoms with Gasteiger partial charge in [-0.1, -0.05) is 0 Å². The van der Waals surface area contributed by atoms with Gasteiger partial charge >= 0.3 is 0 Å². The maximum Gasteiger partial charge on any atom is 0.211 e. The molecule has 4 nitrogen and oxygen atoms in total. The van der Waals surface area contributed by atoms with Gasteiger partial charge in [0.2, 0.25) is 5.78 Å². The van der Waals surface area contributed by atoms with Crippen molar-refractivity contribution in [3.8, 4) is 0 Å². The largest absolute Gasteiger partial charge is 0.461 e. The molecule has 4 heteroatoms. The molecule has 1 aliphatic heterocycles. The number of aliphatic hydroxyl groups excluding tert-OH is 1. The Kier molecular flexibility index (Phi) is 3.18. The van der Waals surface area contributed by atoms with Crippen LogP contribution in [0.1, 0.15) is 23.4 Å². The summed E-state index contributed by atoms with van der Waals surface area (Å²) in [6.07, 6.45) is 3.00. The molecule has 1 saturated heterocycles. The second-order valence-corrected chi connectivity index (χ2v) is 3.93. The Bertz CT molecular complexity index is 321. The van der Waals surface area contributed by atoms with Crippen LogP contribution in [0.15, 0.2) is 22.8 Å². The summed E-state index contributed by atoms with van der Waals surface area (Å²) in [5.41, 5.74) is 0. The average molecular weight is 209 g/mol. The second kappa shape index (κ2) is 4.59. The van der Waals surface area contributed by atoms with Crippen LogP contribution in [0.3, 0.4) is 0 Å². The van der Waals surface area contributed by atoms with Crippen molar-refractivity contribution in [2.75, 3.05) is 19.6 Å². The number of hydrogen-bond donors (Lipinski definition) is 1. The van der Waals surface area contributed by atoms with Gasteiger partial charge in [0.25, 0.3) is 0 Å². The first kappa shape index (κ1) is 10.4. The molecule has 0 aromatic carbocycles. The van der Waals surface area contributed by atoms with E-state index in [0.717, 1.165) is 19.4 Å². The van der Waals surface area contributed by atoms with Crippen molar-refractivity contribution in [3.05, 3.63) is 24.2 Å². The number of β-amino-alcohol motifs (C(OH)–C–C–N with tert-alkyl or cyclic N) is 1. The second-order valence-electron chi connectivity index (χ2n) is 3.93. The monoisotopic (exact) mass is 209 g/mol. The normalized spacial score (nSPS) is 22.9. The predicted molar refractivity (Wildman–Crippen MR) is 54.7 cm³/mol. The number of likely N-dealkylation sites (tertiary alicyclic amines) is 1. The topological polar surface area (TPSA) is 53.7 Å². The smallest absolute Gasteiger partial charge is 0.211 e. The third-order valence-corrected chi connectivity index (χ3v) is 2.64. The van der Waals surface area contributed by atoms with Gasteiger partial charge in [0.05, 0.1) is 18.9 Å². The van der Waals surface area contributed by atoms with E-state index >= 15 is 0 Å². The van der Waals surface area contributed by atoms with Crippen molar-refractivity contribution in [1.29, 1.82) is 0 Å². The maximum absolute atomic E-state index is 11.7. The van der Waals surface area contributed by atoms with Gasteiger partial charge in [-0.25, -0.2) is 0 Å². The summed E-state index contributed by atoms with van der Waals surface area (Å²) in [5.74, 6) is 0.379. The van der Waals surface area contributed by atoms with Crippen LogP contribution in [0.4, 0.5) is 0 Å². The number of Topliss-reactive ketones (excluding diaryl/α,β-unsaturated/α-hetero) is 1. The Hall–Kier alpha value is -1.13. The minimum absolute atomic E-state index is 0.0194. The molecule has 0 saturated carbocycles.